The van der Waals surface area contributed by atoms with Gasteiger partial charge in [-0.1, -0.05) is 6.92 Å². The Hall–Kier alpha value is -1.24. The van der Waals surface area contributed by atoms with E-state index in [9.17, 15) is 14.4 Å². The van der Waals surface area contributed by atoms with Crippen LogP contribution in [-0.4, -0.2) is 46.1 Å². The number of nitrogens with one attached hydrogen (secondary N) is 1. The van der Waals surface area contributed by atoms with Crippen LogP contribution < -0.4 is 5.32 Å². The zero-order valence-corrected chi connectivity index (χ0v) is 10.6. The number of carboxylic acid groups (broad SMARTS) is 2. The summed E-state index contributed by atoms with van der Waals surface area (Å²) in [5, 5.41) is 19.7. The lowest BCUT2D eigenvalue weighted by Crippen LogP contribution is -2.43. The van der Waals surface area contributed by atoms with Crippen LogP contribution in [0.25, 0.3) is 0 Å². The summed E-state index contributed by atoms with van der Waals surface area (Å²) >= 11 is 1.48. The van der Waals surface area contributed by atoms with Crippen molar-refractivity contribution in [2.45, 2.75) is 25.8 Å². The van der Waals surface area contributed by atoms with Crippen molar-refractivity contribution in [3.05, 3.63) is 0 Å². The van der Waals surface area contributed by atoms with Gasteiger partial charge in [0.2, 0.25) is 5.91 Å². The molecule has 0 aliphatic rings. The second-order valence-corrected chi connectivity index (χ2v) is 4.67. The minimum atomic E-state index is -1.10. The molecule has 1 unspecified atom stereocenters. The molecular weight excluding hydrogens is 246 g/mol. The Morgan fingerprint density at radius 3 is 2.29 bits per heavy atom. The van der Waals surface area contributed by atoms with Crippen molar-refractivity contribution < 1.29 is 24.6 Å². The zero-order chi connectivity index (χ0) is 13.4. The minimum Gasteiger partial charge on any atom is -0.481 e. The van der Waals surface area contributed by atoms with Crippen molar-refractivity contribution in [1.29, 1.82) is 0 Å². The van der Waals surface area contributed by atoms with Gasteiger partial charge in [-0.2, -0.15) is 11.8 Å². The molecule has 0 heterocycles. The number of aliphatic carboxylic acids is 2. The van der Waals surface area contributed by atoms with Crippen LogP contribution in [-0.2, 0) is 14.4 Å². The van der Waals surface area contributed by atoms with E-state index in [4.69, 9.17) is 10.2 Å². The fraction of sp³-hybridized carbons (Fsp3) is 0.700. The molecule has 17 heavy (non-hydrogen) atoms. The third kappa shape index (κ3) is 6.83. The smallest absolute Gasteiger partial charge is 0.326 e. The Morgan fingerprint density at radius 1 is 1.29 bits per heavy atom. The molecule has 0 aliphatic carbocycles. The molecule has 0 spiro atoms. The third-order valence-corrected chi connectivity index (χ3v) is 2.80. The van der Waals surface area contributed by atoms with Gasteiger partial charge in [-0.15, -0.1) is 0 Å². The lowest BCUT2D eigenvalue weighted by atomic mass is 10.1. The summed E-state index contributed by atoms with van der Waals surface area (Å²) in [7, 11) is 0. The molecule has 0 fully saturated rings. The zero-order valence-electron chi connectivity index (χ0n) is 9.80. The van der Waals surface area contributed by atoms with Gasteiger partial charge in [-0.25, -0.2) is 4.79 Å². The third-order valence-electron chi connectivity index (χ3n) is 2.15. The molecular formula is C10H17NO5S. The number of thioether (sulfide) groups is 1. The predicted molar refractivity (Wildman–Crippen MR) is 64.0 cm³/mol. The predicted octanol–water partition coefficient (Wildman–Crippen LogP) is 0.420. The van der Waals surface area contributed by atoms with Crippen molar-refractivity contribution in [3.8, 4) is 0 Å². The molecule has 0 rings (SSSR count). The SMILES string of the molecule is CSCC[C@H](NC(=O)C(C)CC(=O)O)C(=O)O. The van der Waals surface area contributed by atoms with E-state index < -0.39 is 29.8 Å². The molecule has 0 aliphatic heterocycles. The lowest BCUT2D eigenvalue weighted by molar-refractivity contribution is -0.143. The quantitative estimate of drug-likeness (QED) is 0.586. The highest BCUT2D eigenvalue weighted by molar-refractivity contribution is 7.98. The van der Waals surface area contributed by atoms with E-state index in [2.05, 4.69) is 5.32 Å². The average Bonchev–Trinajstić information content (AvgIpc) is 2.22. The first-order chi connectivity index (χ1) is 7.88. The van der Waals surface area contributed by atoms with Crippen LogP contribution in [0.5, 0.6) is 0 Å². The maximum Gasteiger partial charge on any atom is 0.326 e. The second kappa shape index (κ2) is 7.94. The number of carboxylic acids is 2. The molecule has 0 aromatic heterocycles. The second-order valence-electron chi connectivity index (χ2n) is 3.68. The monoisotopic (exact) mass is 263 g/mol. The van der Waals surface area contributed by atoms with E-state index in [1.807, 2.05) is 6.26 Å². The highest BCUT2D eigenvalue weighted by Gasteiger charge is 2.23. The molecule has 7 heteroatoms. The fourth-order valence-electron chi connectivity index (χ4n) is 1.16. The topological polar surface area (TPSA) is 104 Å². The van der Waals surface area contributed by atoms with E-state index in [0.29, 0.717) is 12.2 Å². The van der Waals surface area contributed by atoms with Crippen molar-refractivity contribution in [2.75, 3.05) is 12.0 Å². The summed E-state index contributed by atoms with van der Waals surface area (Å²) in [4.78, 5) is 32.8. The number of amides is 1. The number of carbonyl (C=O) groups is 3. The first-order valence-electron chi connectivity index (χ1n) is 5.12. The summed E-state index contributed by atoms with van der Waals surface area (Å²) in [6.07, 6.45) is 1.86. The molecule has 2 atom stereocenters. The van der Waals surface area contributed by atoms with Crippen LogP contribution >= 0.6 is 11.8 Å². The van der Waals surface area contributed by atoms with E-state index in [-0.39, 0.29) is 6.42 Å². The van der Waals surface area contributed by atoms with Gasteiger partial charge >= 0.3 is 11.9 Å². The number of hydrogen-bond acceptors (Lipinski definition) is 4. The van der Waals surface area contributed by atoms with Crippen molar-refractivity contribution in [3.63, 3.8) is 0 Å². The largest absolute Gasteiger partial charge is 0.481 e. The van der Waals surface area contributed by atoms with Crippen LogP contribution in [0, 0.1) is 5.92 Å². The first kappa shape index (κ1) is 15.8. The Morgan fingerprint density at radius 2 is 1.88 bits per heavy atom. The maximum absolute atomic E-state index is 11.5. The normalized spacial score (nSPS) is 13.8. The first-order valence-corrected chi connectivity index (χ1v) is 6.51. The van der Waals surface area contributed by atoms with Gasteiger partial charge in [-0.05, 0) is 18.4 Å². The van der Waals surface area contributed by atoms with Crippen molar-refractivity contribution >= 4 is 29.6 Å². The summed E-state index contributed by atoms with van der Waals surface area (Å²) in [5.41, 5.74) is 0. The van der Waals surface area contributed by atoms with Gasteiger partial charge in [0, 0.05) is 5.92 Å². The summed E-state index contributed by atoms with van der Waals surface area (Å²) in [6, 6.07) is -0.953. The summed E-state index contributed by atoms with van der Waals surface area (Å²) < 4.78 is 0. The van der Waals surface area contributed by atoms with Crippen molar-refractivity contribution in [1.82, 2.24) is 5.32 Å². The minimum absolute atomic E-state index is 0.305. The Balaban J connectivity index is 4.29. The molecule has 0 bridgehead atoms. The maximum atomic E-state index is 11.5. The Kier molecular flexibility index (Phi) is 7.36. The molecule has 0 saturated carbocycles. The molecule has 98 valence electrons. The molecule has 0 saturated heterocycles. The van der Waals surface area contributed by atoms with E-state index in [1.54, 1.807) is 0 Å². The standard InChI is InChI=1S/C10H17NO5S/c1-6(5-8(12)13)9(14)11-7(10(15)16)3-4-17-2/h6-7H,3-5H2,1-2H3,(H,11,14)(H,12,13)(H,15,16)/t6?,7-/m0/s1. The molecule has 6 nitrogen and oxygen atoms in total. The van der Waals surface area contributed by atoms with Crippen LogP contribution in [0.4, 0.5) is 0 Å². The number of hydrogen-bond donors (Lipinski definition) is 3. The van der Waals surface area contributed by atoms with Crippen LogP contribution in [0.3, 0.4) is 0 Å². The lowest BCUT2D eigenvalue weighted by Gasteiger charge is -2.16. The van der Waals surface area contributed by atoms with Crippen molar-refractivity contribution in [2.24, 2.45) is 5.92 Å². The average molecular weight is 263 g/mol. The van der Waals surface area contributed by atoms with Gasteiger partial charge in [-0.3, -0.25) is 9.59 Å². The number of rotatable bonds is 8. The molecule has 1 amide bonds. The molecule has 0 radical (unpaired) electrons. The van der Waals surface area contributed by atoms with Gasteiger partial charge in [0.1, 0.15) is 6.04 Å². The summed E-state index contributed by atoms with van der Waals surface area (Å²) in [5.74, 6) is -2.84. The van der Waals surface area contributed by atoms with E-state index in [1.165, 1.54) is 18.7 Å². The molecule has 3 N–H and O–H groups in total. The Bertz CT molecular complexity index is 294. The van der Waals surface area contributed by atoms with Crippen LogP contribution in [0.1, 0.15) is 19.8 Å². The Labute approximate surface area is 104 Å². The highest BCUT2D eigenvalue weighted by Crippen LogP contribution is 2.05. The fourth-order valence-corrected chi connectivity index (χ4v) is 1.63. The highest BCUT2D eigenvalue weighted by atomic mass is 32.2. The van der Waals surface area contributed by atoms with E-state index >= 15 is 0 Å². The van der Waals surface area contributed by atoms with Crippen LogP contribution in [0.2, 0.25) is 0 Å². The van der Waals surface area contributed by atoms with Crippen LogP contribution in [0.15, 0.2) is 0 Å². The van der Waals surface area contributed by atoms with E-state index in [0.717, 1.165) is 0 Å². The number of carbonyl (C=O) groups excluding carboxylic acids is 1. The molecule has 0 aromatic carbocycles. The summed E-state index contributed by atoms with van der Waals surface area (Å²) in [6.45, 7) is 1.46. The molecule has 0 aromatic rings. The van der Waals surface area contributed by atoms with Gasteiger partial charge in [0.25, 0.3) is 0 Å². The van der Waals surface area contributed by atoms with Gasteiger partial charge in [0.05, 0.1) is 6.42 Å². The van der Waals surface area contributed by atoms with Gasteiger partial charge < -0.3 is 15.5 Å². The van der Waals surface area contributed by atoms with Gasteiger partial charge in [0.15, 0.2) is 0 Å².